The number of ether oxygens (including phenoxy) is 1. The fourth-order valence-corrected chi connectivity index (χ4v) is 14.4. The van der Waals surface area contributed by atoms with E-state index in [1.54, 1.807) is 0 Å². The lowest BCUT2D eigenvalue weighted by molar-refractivity contribution is 0.466. The van der Waals surface area contributed by atoms with E-state index in [-0.39, 0.29) is 21.7 Å². The highest BCUT2D eigenvalue weighted by atomic mass is 16.5. The van der Waals surface area contributed by atoms with Gasteiger partial charge in [0.15, 0.2) is 11.5 Å². The Morgan fingerprint density at radius 1 is 0.373 bits per heavy atom. The predicted octanol–water partition coefficient (Wildman–Crippen LogP) is 17.7. The summed E-state index contributed by atoms with van der Waals surface area (Å²) < 4.78 is 7.77. The maximum Gasteiger partial charge on any atom is 0.152 e. The Labute approximate surface area is 394 Å². The Morgan fingerprint density at radius 2 is 0.776 bits per heavy atom. The van der Waals surface area contributed by atoms with E-state index < -0.39 is 0 Å². The third-order valence-electron chi connectivity index (χ3n) is 17.3. The van der Waals surface area contributed by atoms with Gasteiger partial charge >= 0.3 is 0 Å². The van der Waals surface area contributed by atoms with Crippen LogP contribution in [0.4, 0.5) is 17.1 Å². The lowest BCUT2D eigenvalue weighted by atomic mass is 9.66. The highest BCUT2D eigenvalue weighted by Crippen LogP contribution is 2.71. The minimum absolute atomic E-state index is 0.273. The molecule has 0 radical (unpaired) electrons. The SMILES string of the molecule is Cc1cc(C)c(N2c3c(cc4c5c3C(C)(C)c3cccc6c(-c7ccccc7)cc(c-5c36)C4(C)C)Oc3cc4c5c(c32)C(C)(C)c2cccc3c(-c6ccccc6)cc(c-5c23)C4(C)C)c(C)c1. The second kappa shape index (κ2) is 12.3. The molecule has 4 aliphatic carbocycles. The number of aryl methyl sites for hydroxylation is 3. The van der Waals surface area contributed by atoms with E-state index in [0.29, 0.717) is 0 Å². The van der Waals surface area contributed by atoms with E-state index in [0.717, 1.165) is 11.5 Å². The largest absolute Gasteiger partial charge is 0.453 e. The van der Waals surface area contributed by atoms with Gasteiger partial charge < -0.3 is 9.64 Å². The van der Waals surface area contributed by atoms with Gasteiger partial charge in [0.25, 0.3) is 0 Å². The van der Waals surface area contributed by atoms with Crippen molar-refractivity contribution in [2.45, 2.75) is 97.8 Å². The van der Waals surface area contributed by atoms with E-state index >= 15 is 0 Å². The maximum atomic E-state index is 7.77. The minimum Gasteiger partial charge on any atom is -0.453 e. The molecule has 0 bridgehead atoms. The summed E-state index contributed by atoms with van der Waals surface area (Å²) in [6.07, 6.45) is 0. The van der Waals surface area contributed by atoms with Crippen molar-refractivity contribution in [3.05, 3.63) is 195 Å². The highest BCUT2D eigenvalue weighted by Gasteiger charge is 2.53. The molecular formula is C65H55NO. The van der Waals surface area contributed by atoms with Crippen molar-refractivity contribution in [1.82, 2.24) is 0 Å². The van der Waals surface area contributed by atoms with E-state index in [1.807, 2.05) is 0 Å². The average molecular weight is 866 g/mol. The maximum absolute atomic E-state index is 7.77. The molecule has 0 saturated carbocycles. The first-order chi connectivity index (χ1) is 32.0. The third kappa shape index (κ3) is 4.58. The monoisotopic (exact) mass is 865 g/mol. The molecule has 67 heavy (non-hydrogen) atoms. The zero-order valence-corrected chi connectivity index (χ0v) is 40.6. The summed E-state index contributed by atoms with van der Waals surface area (Å²) in [6, 6.07) is 50.9. The third-order valence-corrected chi connectivity index (χ3v) is 17.3. The molecule has 0 spiro atoms. The topological polar surface area (TPSA) is 12.5 Å². The van der Waals surface area contributed by atoms with Crippen molar-refractivity contribution in [1.29, 1.82) is 0 Å². The number of anilines is 3. The Bertz CT molecular complexity index is 3540. The number of fused-ring (bicyclic) bond motifs is 4. The summed E-state index contributed by atoms with van der Waals surface area (Å²) in [4.78, 5) is 2.72. The zero-order valence-electron chi connectivity index (χ0n) is 40.6. The highest BCUT2D eigenvalue weighted by molar-refractivity contribution is 6.17. The molecule has 0 N–H and O–H groups in total. The second-order valence-electron chi connectivity index (χ2n) is 22.6. The molecule has 0 aromatic heterocycles. The van der Waals surface area contributed by atoms with Crippen LogP contribution >= 0.6 is 0 Å². The van der Waals surface area contributed by atoms with Crippen molar-refractivity contribution < 1.29 is 4.74 Å². The fourth-order valence-electron chi connectivity index (χ4n) is 14.4. The molecule has 0 amide bonds. The average Bonchev–Trinajstić information content (AvgIpc) is 3.67. The first-order valence-electron chi connectivity index (χ1n) is 24.4. The van der Waals surface area contributed by atoms with Gasteiger partial charge in [-0.2, -0.15) is 0 Å². The van der Waals surface area contributed by atoms with E-state index in [1.165, 1.54) is 144 Å². The van der Waals surface area contributed by atoms with Crippen LogP contribution in [-0.2, 0) is 21.7 Å². The predicted molar refractivity (Wildman–Crippen MR) is 281 cm³/mol. The zero-order chi connectivity index (χ0) is 46.0. The Kier molecular flexibility index (Phi) is 7.24. The van der Waals surface area contributed by atoms with Crippen LogP contribution < -0.4 is 9.64 Å². The summed E-state index contributed by atoms with van der Waals surface area (Å²) >= 11 is 0. The molecule has 1 heterocycles. The van der Waals surface area contributed by atoms with Crippen LogP contribution in [0, 0.1) is 20.8 Å². The number of hydrogen-bond donors (Lipinski definition) is 0. The van der Waals surface area contributed by atoms with Crippen molar-refractivity contribution in [3.63, 3.8) is 0 Å². The molecule has 9 aromatic rings. The summed E-state index contributed by atoms with van der Waals surface area (Å²) in [7, 11) is 0. The lowest BCUT2D eigenvalue weighted by Crippen LogP contribution is -2.32. The molecule has 326 valence electrons. The van der Waals surface area contributed by atoms with E-state index in [4.69, 9.17) is 4.74 Å². The fraction of sp³-hybridized carbons (Fsp3) is 0.231. The standard InChI is InChI=1S/C65H55NO/c1-34-28-35(2)59(36(3)29-34)66-60-49(32-47-55-53-45(62(47,4)5)30-41(37-20-14-12-15-21-37)39-24-18-26-43(51(39)53)64(8,9)57(55)60)67-50-33-48-56-54-46(63(48,6)7)31-42(38-22-16-13-17-23-38)40-25-19-27-44(52(40)54)65(10,11)58(56)61(50)66/h12-33H,1-11H3. The van der Waals surface area contributed by atoms with Crippen LogP contribution in [0.2, 0.25) is 0 Å². The number of rotatable bonds is 3. The first-order valence-corrected chi connectivity index (χ1v) is 24.4. The van der Waals surface area contributed by atoms with Gasteiger partial charge in [-0.1, -0.05) is 170 Å². The molecule has 14 rings (SSSR count). The molecule has 5 aliphatic rings. The number of hydrogen-bond acceptors (Lipinski definition) is 2. The van der Waals surface area contributed by atoms with Crippen LogP contribution in [0.3, 0.4) is 0 Å². The van der Waals surface area contributed by atoms with E-state index in [9.17, 15) is 0 Å². The second-order valence-corrected chi connectivity index (χ2v) is 22.6. The molecule has 0 fully saturated rings. The van der Waals surface area contributed by atoms with Gasteiger partial charge in [-0.15, -0.1) is 0 Å². The normalized spacial score (nSPS) is 17.1. The van der Waals surface area contributed by atoms with Crippen molar-refractivity contribution in [2.75, 3.05) is 4.90 Å². The van der Waals surface area contributed by atoms with Gasteiger partial charge in [0.1, 0.15) is 0 Å². The summed E-state index contributed by atoms with van der Waals surface area (Å²) in [5.41, 5.74) is 27.8. The van der Waals surface area contributed by atoms with Crippen LogP contribution in [0.15, 0.2) is 133 Å². The Morgan fingerprint density at radius 3 is 1.19 bits per heavy atom. The van der Waals surface area contributed by atoms with Crippen LogP contribution in [0.1, 0.15) is 117 Å². The smallest absolute Gasteiger partial charge is 0.152 e. The molecule has 0 unspecified atom stereocenters. The van der Waals surface area contributed by atoms with Crippen molar-refractivity contribution in [2.24, 2.45) is 0 Å². The first kappa shape index (κ1) is 39.3. The molecule has 0 atom stereocenters. The summed E-state index contributed by atoms with van der Waals surface area (Å²) in [5, 5.41) is 5.46. The van der Waals surface area contributed by atoms with E-state index in [2.05, 4.69) is 215 Å². The summed E-state index contributed by atoms with van der Waals surface area (Å²) in [6.45, 7) is 26.6. The van der Waals surface area contributed by atoms with Gasteiger partial charge in [0.2, 0.25) is 0 Å². The van der Waals surface area contributed by atoms with Crippen molar-refractivity contribution in [3.8, 4) is 56.0 Å². The molecule has 1 aliphatic heterocycles. The van der Waals surface area contributed by atoms with Crippen LogP contribution in [-0.4, -0.2) is 0 Å². The molecule has 2 nitrogen and oxygen atoms in total. The number of nitrogens with zero attached hydrogens (tertiary/aromatic N) is 1. The number of benzene rings is 9. The van der Waals surface area contributed by atoms with Crippen LogP contribution in [0.25, 0.3) is 66.1 Å². The molecule has 0 saturated heterocycles. The van der Waals surface area contributed by atoms with Gasteiger partial charge in [-0.3, -0.25) is 0 Å². The Hall–Kier alpha value is -6.90. The summed E-state index contributed by atoms with van der Waals surface area (Å²) in [5.74, 6) is 1.88. The Balaban J connectivity index is 1.14. The van der Waals surface area contributed by atoms with Gasteiger partial charge in [0, 0.05) is 21.7 Å². The minimum atomic E-state index is -0.384. The molecule has 9 aromatic carbocycles. The van der Waals surface area contributed by atoms with Crippen molar-refractivity contribution >= 4 is 38.6 Å². The van der Waals surface area contributed by atoms with Gasteiger partial charge in [0.05, 0.1) is 17.1 Å². The quantitative estimate of drug-likeness (QED) is 0.175. The molecule has 2 heteroatoms. The van der Waals surface area contributed by atoms with Crippen LogP contribution in [0.5, 0.6) is 11.5 Å². The van der Waals surface area contributed by atoms with Gasteiger partial charge in [-0.05, 0) is 167 Å². The van der Waals surface area contributed by atoms with Gasteiger partial charge in [-0.25, -0.2) is 0 Å². The molecular weight excluding hydrogens is 811 g/mol. The lowest BCUT2D eigenvalue weighted by Gasteiger charge is -2.46.